The molecule has 7 heteroatoms. The van der Waals surface area contributed by atoms with Crippen LogP contribution in [0.5, 0.6) is 5.75 Å². The van der Waals surface area contributed by atoms with Gasteiger partial charge in [0.25, 0.3) is 0 Å². The van der Waals surface area contributed by atoms with Gasteiger partial charge in [0, 0.05) is 12.3 Å². The summed E-state index contributed by atoms with van der Waals surface area (Å²) in [4.78, 5) is 14.2. The van der Waals surface area contributed by atoms with Gasteiger partial charge in [-0.1, -0.05) is 0 Å². The minimum Gasteiger partial charge on any atom is -0.491 e. The maximum atomic E-state index is 10.9. The summed E-state index contributed by atoms with van der Waals surface area (Å²) in [5.41, 5.74) is 0.480. The molecular weight excluding hydrogens is 258 g/mol. The van der Waals surface area contributed by atoms with E-state index in [1.165, 1.54) is 12.3 Å². The Morgan fingerprint density at radius 3 is 2.72 bits per heavy atom. The smallest absolute Gasteiger partial charge is 0.328 e. The SMILES string of the molecule is CS(=O)(=O)CCOc1ccc(C=CC(=O)O)nc1. The number of hydrogen-bond acceptors (Lipinski definition) is 5. The number of carboxylic acid groups (broad SMARTS) is 1. The predicted octanol–water partition coefficient (Wildman–Crippen LogP) is 0.603. The molecule has 0 aliphatic rings. The first-order valence-corrected chi connectivity index (χ1v) is 7.10. The van der Waals surface area contributed by atoms with Crippen LogP contribution in [0.15, 0.2) is 24.4 Å². The molecule has 0 spiro atoms. The van der Waals surface area contributed by atoms with Gasteiger partial charge in [0.15, 0.2) is 9.84 Å². The molecule has 0 saturated heterocycles. The quantitative estimate of drug-likeness (QED) is 0.762. The second kappa shape index (κ2) is 6.15. The highest BCUT2D eigenvalue weighted by molar-refractivity contribution is 7.90. The molecule has 0 aromatic carbocycles. The molecule has 0 saturated carbocycles. The van der Waals surface area contributed by atoms with E-state index in [2.05, 4.69) is 4.98 Å². The molecule has 1 rings (SSSR count). The van der Waals surface area contributed by atoms with E-state index in [1.54, 1.807) is 12.1 Å². The second-order valence-corrected chi connectivity index (χ2v) is 5.83. The zero-order valence-electron chi connectivity index (χ0n) is 9.74. The Hall–Kier alpha value is -1.89. The Morgan fingerprint density at radius 2 is 2.22 bits per heavy atom. The number of sulfone groups is 1. The van der Waals surface area contributed by atoms with Gasteiger partial charge in [0.2, 0.25) is 0 Å². The lowest BCUT2D eigenvalue weighted by molar-refractivity contribution is -0.131. The van der Waals surface area contributed by atoms with Gasteiger partial charge >= 0.3 is 5.97 Å². The standard InChI is InChI=1S/C11H13NO5S/c1-18(15,16)7-6-17-10-4-2-9(12-8-10)3-5-11(13)14/h2-5,8H,6-7H2,1H3,(H,13,14). The van der Waals surface area contributed by atoms with Gasteiger partial charge in [-0.15, -0.1) is 0 Å². The third kappa shape index (κ3) is 6.00. The monoisotopic (exact) mass is 271 g/mol. The van der Waals surface area contributed by atoms with Crippen LogP contribution in [0.2, 0.25) is 0 Å². The van der Waals surface area contributed by atoms with Gasteiger partial charge in [-0.2, -0.15) is 0 Å². The second-order valence-electron chi connectivity index (χ2n) is 3.57. The average molecular weight is 271 g/mol. The van der Waals surface area contributed by atoms with Gasteiger partial charge in [0.1, 0.15) is 12.4 Å². The highest BCUT2D eigenvalue weighted by Crippen LogP contribution is 2.10. The summed E-state index contributed by atoms with van der Waals surface area (Å²) in [6.45, 7) is 0.0603. The predicted molar refractivity (Wildman–Crippen MR) is 66.1 cm³/mol. The number of rotatable bonds is 6. The minimum atomic E-state index is -3.04. The summed E-state index contributed by atoms with van der Waals surface area (Å²) in [5, 5.41) is 8.43. The van der Waals surface area contributed by atoms with Crippen LogP contribution in [0.4, 0.5) is 0 Å². The molecule has 1 aromatic rings. The van der Waals surface area contributed by atoms with Crippen LogP contribution in [0, 0.1) is 0 Å². The van der Waals surface area contributed by atoms with Crippen molar-refractivity contribution in [3.63, 3.8) is 0 Å². The third-order valence-electron chi connectivity index (χ3n) is 1.88. The lowest BCUT2D eigenvalue weighted by Crippen LogP contribution is -2.12. The Bertz CT molecular complexity index is 533. The highest BCUT2D eigenvalue weighted by Gasteiger charge is 2.02. The third-order valence-corrected chi connectivity index (χ3v) is 2.79. The van der Waals surface area contributed by atoms with E-state index in [-0.39, 0.29) is 12.4 Å². The fourth-order valence-electron chi connectivity index (χ4n) is 1.04. The molecule has 18 heavy (non-hydrogen) atoms. The zero-order valence-corrected chi connectivity index (χ0v) is 10.6. The highest BCUT2D eigenvalue weighted by atomic mass is 32.2. The van der Waals surface area contributed by atoms with Gasteiger partial charge in [-0.3, -0.25) is 4.98 Å². The van der Waals surface area contributed by atoms with E-state index in [0.717, 1.165) is 12.3 Å². The van der Waals surface area contributed by atoms with Crippen LogP contribution in [-0.4, -0.2) is 43.1 Å². The molecule has 0 amide bonds. The zero-order chi connectivity index (χ0) is 13.6. The number of carbonyl (C=O) groups is 1. The molecule has 1 heterocycles. The molecule has 0 aliphatic heterocycles. The van der Waals surface area contributed by atoms with Crippen molar-refractivity contribution < 1.29 is 23.1 Å². The molecule has 0 fully saturated rings. The molecule has 0 radical (unpaired) electrons. The lowest BCUT2D eigenvalue weighted by Gasteiger charge is -2.04. The van der Waals surface area contributed by atoms with Gasteiger partial charge in [-0.05, 0) is 18.2 Å². The maximum absolute atomic E-state index is 10.9. The summed E-state index contributed by atoms with van der Waals surface area (Å²) in [5.74, 6) is -0.676. The van der Waals surface area contributed by atoms with Crippen LogP contribution < -0.4 is 4.74 Å². The number of aromatic nitrogens is 1. The molecule has 1 N–H and O–H groups in total. The molecule has 0 bridgehead atoms. The number of pyridine rings is 1. The van der Waals surface area contributed by atoms with Crippen molar-refractivity contribution in [2.75, 3.05) is 18.6 Å². The molecular formula is C11H13NO5S. The Kier molecular flexibility index (Phi) is 4.85. The maximum Gasteiger partial charge on any atom is 0.328 e. The normalized spacial score (nSPS) is 11.6. The van der Waals surface area contributed by atoms with Crippen LogP contribution in [0.3, 0.4) is 0 Å². The van der Waals surface area contributed by atoms with Gasteiger partial charge < -0.3 is 9.84 Å². The fraction of sp³-hybridized carbons (Fsp3) is 0.273. The summed E-state index contributed by atoms with van der Waals surface area (Å²) >= 11 is 0. The minimum absolute atomic E-state index is 0.0603. The Labute approximate surface area is 105 Å². The summed E-state index contributed by atoms with van der Waals surface area (Å²) in [7, 11) is -3.04. The molecule has 6 nitrogen and oxygen atoms in total. The van der Waals surface area contributed by atoms with Gasteiger partial charge in [0.05, 0.1) is 17.6 Å². The first kappa shape index (κ1) is 14.2. The van der Waals surface area contributed by atoms with Gasteiger partial charge in [-0.25, -0.2) is 13.2 Å². The fourth-order valence-corrected chi connectivity index (χ4v) is 1.43. The van der Waals surface area contributed by atoms with Crippen molar-refractivity contribution in [2.45, 2.75) is 0 Å². The molecule has 0 unspecified atom stereocenters. The summed E-state index contributed by atoms with van der Waals surface area (Å²) in [6.07, 6.45) is 4.87. The van der Waals surface area contributed by atoms with E-state index >= 15 is 0 Å². The largest absolute Gasteiger partial charge is 0.491 e. The van der Waals surface area contributed by atoms with Crippen molar-refractivity contribution in [1.29, 1.82) is 0 Å². The van der Waals surface area contributed by atoms with Crippen molar-refractivity contribution in [2.24, 2.45) is 0 Å². The van der Waals surface area contributed by atoms with Crippen molar-refractivity contribution in [3.8, 4) is 5.75 Å². The Morgan fingerprint density at radius 1 is 1.50 bits per heavy atom. The average Bonchev–Trinajstić information content (AvgIpc) is 2.26. The van der Waals surface area contributed by atoms with E-state index in [9.17, 15) is 13.2 Å². The number of nitrogens with zero attached hydrogens (tertiary/aromatic N) is 1. The van der Waals surface area contributed by atoms with Crippen LogP contribution in [0.1, 0.15) is 5.69 Å². The first-order valence-electron chi connectivity index (χ1n) is 5.04. The molecule has 98 valence electrons. The van der Waals surface area contributed by atoms with E-state index in [0.29, 0.717) is 11.4 Å². The van der Waals surface area contributed by atoms with Crippen LogP contribution >= 0.6 is 0 Å². The van der Waals surface area contributed by atoms with E-state index in [1.807, 2.05) is 0 Å². The topological polar surface area (TPSA) is 93.6 Å². The lowest BCUT2D eigenvalue weighted by atomic mass is 10.3. The number of ether oxygens (including phenoxy) is 1. The first-order chi connectivity index (χ1) is 8.37. The summed E-state index contributed by atoms with van der Waals surface area (Å²) < 4.78 is 26.9. The number of aliphatic carboxylic acids is 1. The Balaban J connectivity index is 2.53. The molecule has 0 atom stereocenters. The number of carboxylic acids is 1. The van der Waals surface area contributed by atoms with E-state index in [4.69, 9.17) is 9.84 Å². The van der Waals surface area contributed by atoms with Crippen molar-refractivity contribution in [1.82, 2.24) is 4.98 Å². The number of hydrogen-bond donors (Lipinski definition) is 1. The van der Waals surface area contributed by atoms with Crippen molar-refractivity contribution >= 4 is 21.9 Å². The molecule has 1 aromatic heterocycles. The van der Waals surface area contributed by atoms with Crippen molar-refractivity contribution in [3.05, 3.63) is 30.1 Å². The van der Waals surface area contributed by atoms with E-state index < -0.39 is 15.8 Å². The van der Waals surface area contributed by atoms with Crippen LogP contribution in [-0.2, 0) is 14.6 Å². The summed E-state index contributed by atoms with van der Waals surface area (Å²) in [6, 6.07) is 3.17. The van der Waals surface area contributed by atoms with Crippen LogP contribution in [0.25, 0.3) is 6.08 Å². The molecule has 0 aliphatic carbocycles.